The summed E-state index contributed by atoms with van der Waals surface area (Å²) in [6, 6.07) is 13.9. The second-order valence-corrected chi connectivity index (χ2v) is 6.25. The molecule has 0 saturated heterocycles. The zero-order chi connectivity index (χ0) is 18.5. The van der Waals surface area contributed by atoms with Gasteiger partial charge in [0.05, 0.1) is 23.6 Å². The largest absolute Gasteiger partial charge is 0.497 e. The van der Waals surface area contributed by atoms with E-state index in [0.717, 1.165) is 24.2 Å². The first-order valence-corrected chi connectivity index (χ1v) is 8.44. The highest BCUT2D eigenvalue weighted by Gasteiger charge is 2.33. The highest BCUT2D eigenvalue weighted by Crippen LogP contribution is 2.41. The Kier molecular flexibility index (Phi) is 5.31. The molecule has 1 aliphatic rings. The van der Waals surface area contributed by atoms with Crippen LogP contribution in [0, 0.1) is 16.0 Å². The molecule has 3 rings (SSSR count). The summed E-state index contributed by atoms with van der Waals surface area (Å²) in [5.74, 6) is 0.925. The van der Waals surface area contributed by atoms with Crippen LogP contribution in [0.1, 0.15) is 30.0 Å². The summed E-state index contributed by atoms with van der Waals surface area (Å²) < 4.78 is 5.17. The van der Waals surface area contributed by atoms with Crippen LogP contribution in [0.2, 0.25) is 0 Å². The van der Waals surface area contributed by atoms with Crippen LogP contribution >= 0.6 is 0 Å². The van der Waals surface area contributed by atoms with Crippen molar-refractivity contribution < 1.29 is 14.5 Å². The second kappa shape index (κ2) is 7.82. The third kappa shape index (κ3) is 4.27. The minimum absolute atomic E-state index is 0.0227. The van der Waals surface area contributed by atoms with E-state index in [1.165, 1.54) is 18.2 Å². The van der Waals surface area contributed by atoms with Crippen molar-refractivity contribution in [2.45, 2.75) is 18.9 Å². The number of hydrogen-bond donors (Lipinski definition) is 1. The van der Waals surface area contributed by atoms with Crippen LogP contribution in [-0.2, 0) is 4.79 Å². The average Bonchev–Trinajstić information content (AvgIpc) is 3.50. The number of hydrogen-bond acceptors (Lipinski definition) is 4. The molecule has 0 bridgehead atoms. The maximum Gasteiger partial charge on any atom is 0.276 e. The van der Waals surface area contributed by atoms with E-state index < -0.39 is 4.92 Å². The Morgan fingerprint density at radius 2 is 1.92 bits per heavy atom. The number of nitrogens with one attached hydrogen (secondary N) is 1. The minimum atomic E-state index is -0.456. The Labute approximate surface area is 151 Å². The summed E-state index contributed by atoms with van der Waals surface area (Å²) in [4.78, 5) is 22.9. The highest BCUT2D eigenvalue weighted by molar-refractivity contribution is 5.92. The van der Waals surface area contributed by atoms with Crippen molar-refractivity contribution in [2.24, 2.45) is 5.92 Å². The third-order valence-electron chi connectivity index (χ3n) is 4.41. The predicted octanol–water partition coefficient (Wildman–Crippen LogP) is 3.88. The first-order chi connectivity index (χ1) is 12.6. The molecule has 0 spiro atoms. The van der Waals surface area contributed by atoms with Gasteiger partial charge in [0.2, 0.25) is 5.91 Å². The first kappa shape index (κ1) is 17.7. The fourth-order valence-corrected chi connectivity index (χ4v) is 2.88. The van der Waals surface area contributed by atoms with Crippen LogP contribution in [0.4, 0.5) is 5.69 Å². The lowest BCUT2D eigenvalue weighted by Gasteiger charge is -2.18. The molecule has 0 aromatic heterocycles. The molecule has 1 atom stereocenters. The van der Waals surface area contributed by atoms with E-state index in [-0.39, 0.29) is 17.6 Å². The number of methoxy groups -OCH3 is 1. The first-order valence-electron chi connectivity index (χ1n) is 8.44. The number of para-hydroxylation sites is 1. The molecule has 2 aromatic carbocycles. The van der Waals surface area contributed by atoms with E-state index in [1.807, 2.05) is 24.3 Å². The molecule has 0 radical (unpaired) electrons. The lowest BCUT2D eigenvalue weighted by molar-refractivity contribution is -0.385. The van der Waals surface area contributed by atoms with E-state index in [9.17, 15) is 14.9 Å². The van der Waals surface area contributed by atoms with Crippen molar-refractivity contribution in [1.29, 1.82) is 0 Å². The van der Waals surface area contributed by atoms with Gasteiger partial charge in [-0.3, -0.25) is 14.9 Å². The Bertz CT molecular complexity index is 826. The normalized spacial score (nSPS) is 14.8. The van der Waals surface area contributed by atoms with Gasteiger partial charge in [0.1, 0.15) is 5.75 Å². The van der Waals surface area contributed by atoms with Crippen LogP contribution < -0.4 is 10.1 Å². The highest BCUT2D eigenvalue weighted by atomic mass is 16.6. The number of ether oxygens (including phenoxy) is 1. The van der Waals surface area contributed by atoms with Crippen molar-refractivity contribution in [1.82, 2.24) is 5.32 Å². The number of carbonyl (C=O) groups excluding carboxylic acids is 1. The van der Waals surface area contributed by atoms with Gasteiger partial charge in [-0.2, -0.15) is 0 Å². The van der Waals surface area contributed by atoms with Gasteiger partial charge in [-0.05, 0) is 48.6 Å². The van der Waals surface area contributed by atoms with Gasteiger partial charge < -0.3 is 10.1 Å². The van der Waals surface area contributed by atoms with E-state index >= 15 is 0 Å². The molecule has 6 nitrogen and oxygen atoms in total. The number of nitrogens with zero attached hydrogens (tertiary/aromatic N) is 1. The minimum Gasteiger partial charge on any atom is -0.497 e. The number of amides is 1. The molecule has 2 aromatic rings. The lowest BCUT2D eigenvalue weighted by Crippen LogP contribution is -2.28. The van der Waals surface area contributed by atoms with Crippen LogP contribution in [0.3, 0.4) is 0 Å². The standard InChI is InChI=1S/C20H20N2O4/c1-26-17-11-8-16(9-12-17)20(15-6-7-15)21-19(23)13-10-14-4-2-3-5-18(14)22(24)25/h2-5,8-13,15,20H,6-7H2,1H3,(H,21,23)/b13-10+. The molecular formula is C20H20N2O4. The summed E-state index contributed by atoms with van der Waals surface area (Å²) in [6.07, 6.45) is 4.97. The van der Waals surface area contributed by atoms with E-state index in [4.69, 9.17) is 4.74 Å². The van der Waals surface area contributed by atoms with Crippen LogP contribution in [0.5, 0.6) is 5.75 Å². The van der Waals surface area contributed by atoms with Crippen molar-refractivity contribution in [3.05, 3.63) is 75.8 Å². The van der Waals surface area contributed by atoms with Crippen molar-refractivity contribution in [3.63, 3.8) is 0 Å². The lowest BCUT2D eigenvalue weighted by atomic mass is 10.0. The van der Waals surface area contributed by atoms with Gasteiger partial charge in [0, 0.05) is 12.1 Å². The monoisotopic (exact) mass is 352 g/mol. The zero-order valence-electron chi connectivity index (χ0n) is 14.4. The van der Waals surface area contributed by atoms with Crippen LogP contribution in [0.25, 0.3) is 6.08 Å². The average molecular weight is 352 g/mol. The number of benzene rings is 2. The van der Waals surface area contributed by atoms with Crippen molar-refractivity contribution >= 4 is 17.7 Å². The number of carbonyl (C=O) groups is 1. The molecule has 1 N–H and O–H groups in total. The van der Waals surface area contributed by atoms with Crippen molar-refractivity contribution in [3.8, 4) is 5.75 Å². The zero-order valence-corrected chi connectivity index (χ0v) is 14.4. The molecule has 1 fully saturated rings. The molecule has 0 heterocycles. The number of nitro groups is 1. The Morgan fingerprint density at radius 3 is 2.54 bits per heavy atom. The van der Waals surface area contributed by atoms with Gasteiger partial charge in [0.25, 0.3) is 5.69 Å². The molecule has 1 amide bonds. The predicted molar refractivity (Wildman–Crippen MR) is 98.7 cm³/mol. The molecule has 1 unspecified atom stereocenters. The quantitative estimate of drug-likeness (QED) is 0.466. The smallest absolute Gasteiger partial charge is 0.276 e. The fourth-order valence-electron chi connectivity index (χ4n) is 2.88. The maximum atomic E-state index is 12.3. The fraction of sp³-hybridized carbons (Fsp3) is 0.250. The van der Waals surface area contributed by atoms with Crippen LogP contribution in [-0.4, -0.2) is 17.9 Å². The van der Waals surface area contributed by atoms with E-state index in [1.54, 1.807) is 25.3 Å². The Morgan fingerprint density at radius 1 is 1.23 bits per heavy atom. The van der Waals surface area contributed by atoms with Crippen molar-refractivity contribution in [2.75, 3.05) is 7.11 Å². The molecule has 1 aliphatic carbocycles. The summed E-state index contributed by atoms with van der Waals surface area (Å²) in [5, 5.41) is 14.1. The third-order valence-corrected chi connectivity index (χ3v) is 4.41. The molecule has 134 valence electrons. The summed E-state index contributed by atoms with van der Waals surface area (Å²) in [6.45, 7) is 0. The maximum absolute atomic E-state index is 12.3. The van der Waals surface area contributed by atoms with E-state index in [0.29, 0.717) is 11.5 Å². The van der Waals surface area contributed by atoms with Gasteiger partial charge in [-0.1, -0.05) is 24.3 Å². The second-order valence-electron chi connectivity index (χ2n) is 6.25. The summed E-state index contributed by atoms with van der Waals surface area (Å²) in [7, 11) is 1.61. The van der Waals surface area contributed by atoms with Gasteiger partial charge >= 0.3 is 0 Å². The molecule has 0 aliphatic heterocycles. The van der Waals surface area contributed by atoms with E-state index in [2.05, 4.69) is 5.32 Å². The number of rotatable bonds is 7. The SMILES string of the molecule is COc1ccc(C(NC(=O)/C=C/c2ccccc2[N+](=O)[O-])C2CC2)cc1. The van der Waals surface area contributed by atoms with Gasteiger partial charge in [-0.15, -0.1) is 0 Å². The van der Waals surface area contributed by atoms with Gasteiger partial charge in [-0.25, -0.2) is 0 Å². The molecule has 1 saturated carbocycles. The summed E-state index contributed by atoms with van der Waals surface area (Å²) >= 11 is 0. The Balaban J connectivity index is 1.72. The van der Waals surface area contributed by atoms with Crippen LogP contribution in [0.15, 0.2) is 54.6 Å². The number of nitro benzene ring substituents is 1. The molecule has 6 heteroatoms. The molecular weight excluding hydrogens is 332 g/mol. The molecule has 26 heavy (non-hydrogen) atoms. The topological polar surface area (TPSA) is 81.5 Å². The Hall–Kier alpha value is -3.15. The summed E-state index contributed by atoms with van der Waals surface area (Å²) in [5.41, 5.74) is 1.41. The van der Waals surface area contributed by atoms with Gasteiger partial charge in [0.15, 0.2) is 0 Å².